The van der Waals surface area contributed by atoms with Crippen LogP contribution in [0, 0.1) is 5.41 Å². The van der Waals surface area contributed by atoms with Gasteiger partial charge in [0.1, 0.15) is 5.56 Å². The largest absolute Gasteiger partial charge is 0.427 e. The van der Waals surface area contributed by atoms with Gasteiger partial charge in [-0.15, -0.1) is 0 Å². The fourth-order valence-corrected chi connectivity index (χ4v) is 2.95. The Morgan fingerprint density at radius 3 is 2.37 bits per heavy atom. The molecule has 2 aromatic heterocycles. The third kappa shape index (κ3) is 4.40. The van der Waals surface area contributed by atoms with E-state index in [1.54, 1.807) is 39.2 Å². The average Bonchev–Trinajstić information content (AvgIpc) is 2.73. The van der Waals surface area contributed by atoms with Crippen LogP contribution >= 0.6 is 0 Å². The molecular weight excluding hydrogens is 384 g/mol. The molecule has 7 heteroatoms. The van der Waals surface area contributed by atoms with Gasteiger partial charge in [-0.1, -0.05) is 6.07 Å². The summed E-state index contributed by atoms with van der Waals surface area (Å²) >= 11 is 0. The van der Waals surface area contributed by atoms with Crippen LogP contribution in [0.15, 0.2) is 53.7 Å². The van der Waals surface area contributed by atoms with E-state index < -0.39 is 29.6 Å². The average molecular weight is 408 g/mol. The van der Waals surface area contributed by atoms with Crippen molar-refractivity contribution in [2.45, 2.75) is 34.2 Å². The first kappa shape index (κ1) is 21.2. The van der Waals surface area contributed by atoms with Crippen molar-refractivity contribution in [3.8, 4) is 11.1 Å². The predicted molar refractivity (Wildman–Crippen MR) is 113 cm³/mol. The summed E-state index contributed by atoms with van der Waals surface area (Å²) in [7, 11) is 0. The van der Waals surface area contributed by atoms with E-state index in [2.05, 4.69) is 4.98 Å². The lowest BCUT2D eigenvalue weighted by molar-refractivity contribution is -0.161. The Labute approximate surface area is 174 Å². The van der Waals surface area contributed by atoms with Crippen LogP contribution in [-0.4, -0.2) is 28.3 Å². The van der Waals surface area contributed by atoms with E-state index >= 15 is 0 Å². The van der Waals surface area contributed by atoms with Gasteiger partial charge in [0.05, 0.1) is 10.9 Å². The molecule has 3 rings (SSSR count). The van der Waals surface area contributed by atoms with Crippen molar-refractivity contribution < 1.29 is 19.1 Å². The van der Waals surface area contributed by atoms with E-state index in [0.717, 1.165) is 11.1 Å². The summed E-state index contributed by atoms with van der Waals surface area (Å²) in [5.74, 6) is -1.33. The molecule has 0 spiro atoms. The molecule has 0 radical (unpaired) electrons. The Bertz CT molecular complexity index is 1140. The second-order valence-corrected chi connectivity index (χ2v) is 7.86. The molecule has 2 heterocycles. The molecule has 156 valence electrons. The Hall–Kier alpha value is -3.48. The van der Waals surface area contributed by atoms with Crippen molar-refractivity contribution in [3.05, 3.63) is 64.7 Å². The number of pyridine rings is 2. The molecule has 0 bridgehead atoms. The van der Waals surface area contributed by atoms with Gasteiger partial charge < -0.3 is 14.0 Å². The molecule has 0 unspecified atom stereocenters. The molecule has 0 aliphatic carbocycles. The number of nitrogens with zero attached hydrogens (tertiary/aromatic N) is 2. The van der Waals surface area contributed by atoms with E-state index in [1.165, 1.54) is 6.20 Å². The summed E-state index contributed by atoms with van der Waals surface area (Å²) in [5, 5.41) is 0.413. The zero-order valence-corrected chi connectivity index (χ0v) is 17.5. The van der Waals surface area contributed by atoms with Gasteiger partial charge in [0.2, 0.25) is 12.2 Å². The number of carbonyl (C=O) groups is 2. The van der Waals surface area contributed by atoms with Gasteiger partial charge in [0.25, 0.3) is 0 Å². The number of rotatable bonds is 5. The van der Waals surface area contributed by atoms with Crippen LogP contribution in [0.3, 0.4) is 0 Å². The zero-order chi connectivity index (χ0) is 21.9. The van der Waals surface area contributed by atoms with Crippen LogP contribution < -0.4 is 5.43 Å². The highest BCUT2D eigenvalue weighted by Gasteiger charge is 2.24. The van der Waals surface area contributed by atoms with Gasteiger partial charge in [-0.3, -0.25) is 14.6 Å². The Balaban J connectivity index is 1.91. The predicted octanol–water partition coefficient (Wildman–Crippen LogP) is 3.79. The minimum atomic E-state index is -0.830. The van der Waals surface area contributed by atoms with Gasteiger partial charge in [-0.2, -0.15) is 0 Å². The molecule has 0 saturated carbocycles. The van der Waals surface area contributed by atoms with Gasteiger partial charge in [-0.05, 0) is 63.1 Å². The lowest BCUT2D eigenvalue weighted by atomic mass is 9.98. The molecule has 0 amide bonds. The summed E-state index contributed by atoms with van der Waals surface area (Å²) in [6, 6.07) is 9.23. The third-order valence-electron chi connectivity index (χ3n) is 4.65. The fraction of sp³-hybridized carbons (Fsp3) is 0.304. The number of hydrogen-bond donors (Lipinski definition) is 0. The maximum atomic E-state index is 12.9. The fourth-order valence-electron chi connectivity index (χ4n) is 2.95. The molecule has 3 aromatic rings. The van der Waals surface area contributed by atoms with Gasteiger partial charge in [0, 0.05) is 30.5 Å². The van der Waals surface area contributed by atoms with E-state index in [-0.39, 0.29) is 5.56 Å². The molecule has 0 N–H and O–H groups in total. The smallest absolute Gasteiger partial charge is 0.346 e. The first-order valence-electron chi connectivity index (χ1n) is 9.64. The lowest BCUT2D eigenvalue weighted by Gasteiger charge is -2.16. The molecule has 7 nitrogen and oxygen atoms in total. The molecule has 0 aliphatic heterocycles. The Morgan fingerprint density at radius 1 is 1.03 bits per heavy atom. The molecule has 0 fully saturated rings. The first-order chi connectivity index (χ1) is 14.2. The van der Waals surface area contributed by atoms with E-state index in [4.69, 9.17) is 9.47 Å². The number of hydrogen-bond acceptors (Lipinski definition) is 6. The highest BCUT2D eigenvalue weighted by Crippen LogP contribution is 2.23. The van der Waals surface area contributed by atoms with Crippen LogP contribution in [0.5, 0.6) is 0 Å². The summed E-state index contributed by atoms with van der Waals surface area (Å²) in [6.45, 7) is 7.01. The summed E-state index contributed by atoms with van der Waals surface area (Å²) in [5.41, 5.74) is 1.39. The zero-order valence-electron chi connectivity index (χ0n) is 17.5. The standard InChI is InChI=1S/C23H24N2O5/c1-5-25-13-18(21(27)29-14-30-22(28)23(2,3)4)20(26)17-7-6-16(12-19(17)25)15-8-10-24-11-9-15/h6-13H,5,14H2,1-4H3. The van der Waals surface area contributed by atoms with Crippen molar-refractivity contribution in [1.82, 2.24) is 9.55 Å². The molecule has 1 aromatic carbocycles. The minimum Gasteiger partial charge on any atom is -0.427 e. The van der Waals surface area contributed by atoms with E-state index in [0.29, 0.717) is 17.4 Å². The first-order valence-corrected chi connectivity index (χ1v) is 9.64. The summed E-state index contributed by atoms with van der Waals surface area (Å²) in [6.07, 6.45) is 4.89. The third-order valence-corrected chi connectivity index (χ3v) is 4.65. The van der Waals surface area contributed by atoms with E-state index in [9.17, 15) is 14.4 Å². The molecule has 30 heavy (non-hydrogen) atoms. The second kappa shape index (κ2) is 8.49. The van der Waals surface area contributed by atoms with Crippen LogP contribution in [-0.2, 0) is 20.8 Å². The molecular formula is C23H24N2O5. The Kier molecular flexibility index (Phi) is 6.01. The number of carbonyl (C=O) groups excluding carboxylic acids is 2. The van der Waals surface area contributed by atoms with Crippen molar-refractivity contribution in [2.75, 3.05) is 6.79 Å². The van der Waals surface area contributed by atoms with Crippen LogP contribution in [0.25, 0.3) is 22.0 Å². The maximum absolute atomic E-state index is 12.9. The van der Waals surface area contributed by atoms with Crippen molar-refractivity contribution >= 4 is 22.8 Å². The summed E-state index contributed by atoms with van der Waals surface area (Å²) < 4.78 is 11.8. The number of esters is 2. The van der Waals surface area contributed by atoms with Gasteiger partial charge >= 0.3 is 11.9 Å². The number of benzene rings is 1. The Morgan fingerprint density at radius 2 is 1.73 bits per heavy atom. The highest BCUT2D eigenvalue weighted by atomic mass is 16.7. The molecule has 0 atom stereocenters. The number of fused-ring (bicyclic) bond motifs is 1. The normalized spacial score (nSPS) is 11.3. The van der Waals surface area contributed by atoms with Crippen molar-refractivity contribution in [3.63, 3.8) is 0 Å². The van der Waals surface area contributed by atoms with E-state index in [1.807, 2.05) is 35.8 Å². The number of aryl methyl sites for hydroxylation is 1. The minimum absolute atomic E-state index is 0.104. The topological polar surface area (TPSA) is 87.5 Å². The van der Waals surface area contributed by atoms with Crippen LogP contribution in [0.1, 0.15) is 38.1 Å². The van der Waals surface area contributed by atoms with Crippen molar-refractivity contribution in [1.29, 1.82) is 0 Å². The number of aromatic nitrogens is 2. The van der Waals surface area contributed by atoms with Gasteiger partial charge in [0.15, 0.2) is 0 Å². The monoisotopic (exact) mass is 408 g/mol. The lowest BCUT2D eigenvalue weighted by Crippen LogP contribution is -2.26. The summed E-state index contributed by atoms with van der Waals surface area (Å²) in [4.78, 5) is 41.2. The quantitative estimate of drug-likeness (QED) is 0.472. The van der Waals surface area contributed by atoms with Crippen LogP contribution in [0.2, 0.25) is 0 Å². The second-order valence-electron chi connectivity index (χ2n) is 7.86. The molecule has 0 aliphatic rings. The van der Waals surface area contributed by atoms with Crippen LogP contribution in [0.4, 0.5) is 0 Å². The van der Waals surface area contributed by atoms with Crippen molar-refractivity contribution in [2.24, 2.45) is 5.41 Å². The maximum Gasteiger partial charge on any atom is 0.346 e. The number of ether oxygens (including phenoxy) is 2. The SMILES string of the molecule is CCn1cc(C(=O)OCOC(=O)C(C)(C)C)c(=O)c2ccc(-c3ccncc3)cc21. The van der Waals surface area contributed by atoms with Gasteiger partial charge in [-0.25, -0.2) is 4.79 Å². The molecule has 0 saturated heterocycles. The highest BCUT2D eigenvalue weighted by molar-refractivity contribution is 5.94.